The summed E-state index contributed by atoms with van der Waals surface area (Å²) in [7, 11) is 0. The van der Waals surface area contributed by atoms with Gasteiger partial charge in [0, 0.05) is 24.0 Å². The molecule has 2 aliphatic rings. The van der Waals surface area contributed by atoms with Gasteiger partial charge in [0.15, 0.2) is 0 Å². The van der Waals surface area contributed by atoms with Crippen LogP contribution in [0, 0.1) is 11.3 Å². The van der Waals surface area contributed by atoms with Crippen LogP contribution in [0.15, 0.2) is 43.1 Å². The average molecular weight is 365 g/mol. The first-order valence-electron chi connectivity index (χ1n) is 9.39. The molecule has 5 rings (SSSR count). The van der Waals surface area contributed by atoms with Crippen molar-refractivity contribution in [2.24, 2.45) is 11.3 Å². The molecule has 7 nitrogen and oxygen atoms in total. The van der Waals surface area contributed by atoms with Gasteiger partial charge in [-0.2, -0.15) is 0 Å². The van der Waals surface area contributed by atoms with Gasteiger partial charge in [-0.3, -0.25) is 4.98 Å². The quantitative estimate of drug-likeness (QED) is 0.652. The van der Waals surface area contributed by atoms with Crippen molar-refractivity contribution in [3.05, 3.63) is 48.7 Å². The summed E-state index contributed by atoms with van der Waals surface area (Å²) in [5.41, 5.74) is 7.65. The molecule has 0 unspecified atom stereocenters. The Hall–Kier alpha value is -2.51. The van der Waals surface area contributed by atoms with Crippen LogP contribution >= 0.6 is 0 Å². The Morgan fingerprint density at radius 2 is 2.04 bits per heavy atom. The van der Waals surface area contributed by atoms with Gasteiger partial charge in [-0.15, -0.1) is 0 Å². The minimum Gasteiger partial charge on any atom is -0.390 e. The molecule has 0 saturated heterocycles. The molecule has 1 spiro atoms. The summed E-state index contributed by atoms with van der Waals surface area (Å²) in [6, 6.07) is 5.72. The highest BCUT2D eigenvalue weighted by Gasteiger charge is 2.59. The fourth-order valence-corrected chi connectivity index (χ4v) is 5.25. The normalized spacial score (nSPS) is 32.8. The first-order valence-corrected chi connectivity index (χ1v) is 9.39. The van der Waals surface area contributed by atoms with Gasteiger partial charge in [0.1, 0.15) is 23.9 Å². The number of hydrogen-bond donors (Lipinski definition) is 3. The number of nitrogens with two attached hydrogens (primary N) is 1. The molecule has 7 heteroatoms. The van der Waals surface area contributed by atoms with Crippen LogP contribution in [0.3, 0.4) is 0 Å². The molecule has 2 aliphatic carbocycles. The number of hydrogen-bond acceptors (Lipinski definition) is 6. The summed E-state index contributed by atoms with van der Waals surface area (Å²) in [6.07, 6.45) is 9.05. The van der Waals surface area contributed by atoms with E-state index >= 15 is 0 Å². The van der Waals surface area contributed by atoms with E-state index in [0.29, 0.717) is 17.4 Å². The molecule has 4 N–H and O–H groups in total. The van der Waals surface area contributed by atoms with E-state index in [1.54, 1.807) is 6.20 Å². The molecule has 0 bridgehead atoms. The number of fused-ring (bicyclic) bond motifs is 1. The van der Waals surface area contributed by atoms with E-state index in [-0.39, 0.29) is 11.5 Å². The van der Waals surface area contributed by atoms with Crippen molar-refractivity contribution < 1.29 is 10.2 Å². The molecule has 140 valence electrons. The van der Waals surface area contributed by atoms with Crippen molar-refractivity contribution in [3.8, 4) is 0 Å². The molecule has 3 heterocycles. The van der Waals surface area contributed by atoms with E-state index < -0.39 is 12.2 Å². The molecule has 2 fully saturated rings. The Bertz CT molecular complexity index is 967. The van der Waals surface area contributed by atoms with Crippen LogP contribution in [0.4, 0.5) is 5.82 Å². The van der Waals surface area contributed by atoms with Gasteiger partial charge in [-0.1, -0.05) is 6.07 Å². The predicted octanol–water partition coefficient (Wildman–Crippen LogP) is 1.71. The standard InChI is InChI=1S/C20H23N5O2/c21-18-14-3-5-25(19(14)24-11-23-18)15-9-20(17(27)16(15)26)7-13(8-20)6-12-2-1-4-22-10-12/h1-5,10-11,13,15-17,26-27H,6-9H2,(H2,21,23,24)/t13?,15-,16+,17+,20?/m1/s1. The SMILES string of the molecule is Nc1ncnc2c1ccn2[C@@H]1CC2(CC(Cc3cccnc3)C2)[C@@H](O)[C@H]1O. The number of nitrogen functional groups attached to an aromatic ring is 1. The lowest BCUT2D eigenvalue weighted by atomic mass is 9.58. The van der Waals surface area contributed by atoms with Crippen molar-refractivity contribution in [1.29, 1.82) is 0 Å². The van der Waals surface area contributed by atoms with Gasteiger partial charge in [-0.05, 0) is 49.3 Å². The van der Waals surface area contributed by atoms with Gasteiger partial charge >= 0.3 is 0 Å². The predicted molar refractivity (Wildman–Crippen MR) is 101 cm³/mol. The molecule has 3 atom stereocenters. The van der Waals surface area contributed by atoms with Gasteiger partial charge < -0.3 is 20.5 Å². The van der Waals surface area contributed by atoms with Crippen molar-refractivity contribution in [2.75, 3.05) is 5.73 Å². The van der Waals surface area contributed by atoms with Gasteiger partial charge in [0.25, 0.3) is 0 Å². The largest absolute Gasteiger partial charge is 0.390 e. The minimum absolute atomic E-state index is 0.203. The molecule has 0 amide bonds. The maximum Gasteiger partial charge on any atom is 0.145 e. The summed E-state index contributed by atoms with van der Waals surface area (Å²) in [5, 5.41) is 22.4. The van der Waals surface area contributed by atoms with Crippen molar-refractivity contribution in [3.63, 3.8) is 0 Å². The third-order valence-electron chi connectivity index (χ3n) is 6.50. The summed E-state index contributed by atoms with van der Waals surface area (Å²) in [5.74, 6) is 0.954. The van der Waals surface area contributed by atoms with E-state index in [0.717, 1.165) is 31.1 Å². The Morgan fingerprint density at radius 3 is 2.81 bits per heavy atom. The van der Waals surface area contributed by atoms with Gasteiger partial charge in [0.05, 0.1) is 17.5 Å². The second-order valence-electron chi connectivity index (χ2n) is 8.13. The summed E-state index contributed by atoms with van der Waals surface area (Å²) in [4.78, 5) is 12.5. The van der Waals surface area contributed by atoms with E-state index in [1.165, 1.54) is 11.9 Å². The fourth-order valence-electron chi connectivity index (χ4n) is 5.25. The van der Waals surface area contributed by atoms with E-state index in [4.69, 9.17) is 5.73 Å². The number of anilines is 1. The number of aliphatic hydroxyl groups excluding tert-OH is 2. The molecular weight excluding hydrogens is 342 g/mol. The average Bonchev–Trinajstić information content (AvgIpc) is 3.18. The summed E-state index contributed by atoms with van der Waals surface area (Å²) < 4.78 is 1.95. The number of aliphatic hydroxyl groups is 2. The van der Waals surface area contributed by atoms with E-state index in [1.807, 2.05) is 29.1 Å². The maximum absolute atomic E-state index is 10.8. The zero-order chi connectivity index (χ0) is 18.6. The third-order valence-corrected chi connectivity index (χ3v) is 6.50. The van der Waals surface area contributed by atoms with Gasteiger partial charge in [-0.25, -0.2) is 9.97 Å². The first kappa shape index (κ1) is 16.6. The Kier molecular flexibility index (Phi) is 3.70. The lowest BCUT2D eigenvalue weighted by molar-refractivity contribution is -0.0841. The molecule has 27 heavy (non-hydrogen) atoms. The zero-order valence-electron chi connectivity index (χ0n) is 14.9. The second-order valence-corrected chi connectivity index (χ2v) is 8.13. The zero-order valence-corrected chi connectivity index (χ0v) is 14.9. The molecule has 3 aromatic heterocycles. The van der Waals surface area contributed by atoms with Crippen LogP contribution in [0.5, 0.6) is 0 Å². The highest BCUT2D eigenvalue weighted by atomic mass is 16.3. The lowest BCUT2D eigenvalue weighted by Crippen LogP contribution is -2.46. The van der Waals surface area contributed by atoms with Crippen molar-refractivity contribution >= 4 is 16.9 Å². The lowest BCUT2D eigenvalue weighted by Gasteiger charge is -2.48. The maximum atomic E-state index is 10.8. The summed E-state index contributed by atoms with van der Waals surface area (Å²) in [6.45, 7) is 0. The minimum atomic E-state index is -0.809. The second kappa shape index (κ2) is 6.00. The monoisotopic (exact) mass is 365 g/mol. The number of nitrogens with zero attached hydrogens (tertiary/aromatic N) is 4. The molecule has 2 saturated carbocycles. The van der Waals surface area contributed by atoms with Crippen molar-refractivity contribution in [2.45, 2.75) is 43.9 Å². The van der Waals surface area contributed by atoms with E-state index in [9.17, 15) is 10.2 Å². The number of aromatic nitrogens is 4. The van der Waals surface area contributed by atoms with Crippen molar-refractivity contribution in [1.82, 2.24) is 19.5 Å². The van der Waals surface area contributed by atoms with Crippen LogP contribution in [0.2, 0.25) is 0 Å². The molecular formula is C20H23N5O2. The number of rotatable bonds is 3. The molecule has 3 aromatic rings. The molecule has 0 aliphatic heterocycles. The Morgan fingerprint density at radius 1 is 1.19 bits per heavy atom. The molecule has 0 aromatic carbocycles. The summed E-state index contributed by atoms with van der Waals surface area (Å²) >= 11 is 0. The molecule has 0 radical (unpaired) electrons. The van der Waals surface area contributed by atoms with E-state index in [2.05, 4.69) is 21.0 Å². The van der Waals surface area contributed by atoms with Crippen LogP contribution in [0.25, 0.3) is 11.0 Å². The smallest absolute Gasteiger partial charge is 0.145 e. The topological polar surface area (TPSA) is 110 Å². The highest BCUT2D eigenvalue weighted by Crippen LogP contribution is 2.59. The Labute approximate surface area is 156 Å². The highest BCUT2D eigenvalue weighted by molar-refractivity contribution is 5.86. The fraction of sp³-hybridized carbons (Fsp3) is 0.450. The number of pyridine rings is 1. The van der Waals surface area contributed by atoms with Crippen LogP contribution in [-0.2, 0) is 6.42 Å². The first-order chi connectivity index (χ1) is 13.1. The van der Waals surface area contributed by atoms with Crippen LogP contribution in [0.1, 0.15) is 30.9 Å². The Balaban J connectivity index is 1.36. The van der Waals surface area contributed by atoms with Crippen LogP contribution in [-0.4, -0.2) is 41.9 Å². The third kappa shape index (κ3) is 2.53. The van der Waals surface area contributed by atoms with Gasteiger partial charge in [0.2, 0.25) is 0 Å². The van der Waals surface area contributed by atoms with Crippen LogP contribution < -0.4 is 5.73 Å².